The Morgan fingerprint density at radius 1 is 1.33 bits per heavy atom. The zero-order chi connectivity index (χ0) is 13.1. The van der Waals surface area contributed by atoms with E-state index < -0.39 is 5.60 Å². The van der Waals surface area contributed by atoms with Gasteiger partial charge < -0.3 is 9.84 Å². The first-order chi connectivity index (χ1) is 8.35. The van der Waals surface area contributed by atoms with Gasteiger partial charge in [-0.25, -0.2) is 0 Å². The third-order valence-electron chi connectivity index (χ3n) is 5.39. The first-order valence-corrected chi connectivity index (χ1v) is 6.94. The molecule has 100 valence electrons. The predicted octanol–water partition coefficient (Wildman–Crippen LogP) is 2.23. The van der Waals surface area contributed by atoms with Gasteiger partial charge in [-0.15, -0.1) is 0 Å². The molecule has 1 heterocycles. The van der Waals surface area contributed by atoms with Crippen LogP contribution in [0.25, 0.3) is 0 Å². The molecule has 1 saturated carbocycles. The highest BCUT2D eigenvalue weighted by Gasteiger charge is 2.55. The summed E-state index contributed by atoms with van der Waals surface area (Å²) in [6, 6.07) is 0. The van der Waals surface area contributed by atoms with Gasteiger partial charge >= 0.3 is 0 Å². The van der Waals surface area contributed by atoms with Crippen LogP contribution in [0.5, 0.6) is 0 Å². The molecule has 0 aromatic carbocycles. The van der Waals surface area contributed by atoms with Crippen LogP contribution in [0, 0.1) is 11.3 Å². The molecule has 0 aromatic rings. The van der Waals surface area contributed by atoms with Gasteiger partial charge in [-0.05, 0) is 49.7 Å². The number of fused-ring (bicyclic) bond motifs is 3. The molecule has 1 N–H and O–H groups in total. The largest absolute Gasteiger partial charge is 0.387 e. The van der Waals surface area contributed by atoms with Crippen LogP contribution >= 0.6 is 0 Å². The Balaban J connectivity index is 2.07. The zero-order valence-electron chi connectivity index (χ0n) is 11.5. The molecular weight excluding hydrogens is 228 g/mol. The van der Waals surface area contributed by atoms with Gasteiger partial charge in [0.15, 0.2) is 5.78 Å². The number of hydrogen-bond donors (Lipinski definition) is 1. The van der Waals surface area contributed by atoms with Crippen molar-refractivity contribution < 1.29 is 14.6 Å². The summed E-state index contributed by atoms with van der Waals surface area (Å²) in [5.74, 6) is 0.416. The molecule has 3 nitrogen and oxygen atoms in total. The molecule has 0 aromatic heterocycles. The Labute approximate surface area is 108 Å². The van der Waals surface area contributed by atoms with E-state index in [2.05, 4.69) is 6.92 Å². The minimum atomic E-state index is -0.736. The summed E-state index contributed by atoms with van der Waals surface area (Å²) in [5, 5.41) is 10.4. The normalized spacial score (nSPS) is 48.1. The molecule has 0 radical (unpaired) electrons. The molecule has 1 saturated heterocycles. The van der Waals surface area contributed by atoms with Crippen LogP contribution in [0.15, 0.2) is 11.1 Å². The Morgan fingerprint density at radius 2 is 2.06 bits per heavy atom. The van der Waals surface area contributed by atoms with Crippen LogP contribution in [-0.2, 0) is 9.53 Å². The number of hydrogen-bond acceptors (Lipinski definition) is 3. The van der Waals surface area contributed by atoms with E-state index in [0.29, 0.717) is 13.0 Å². The fourth-order valence-corrected chi connectivity index (χ4v) is 4.16. The van der Waals surface area contributed by atoms with E-state index >= 15 is 0 Å². The number of Topliss-reactive ketones (excluding diaryl/α,β-unsaturated/α-hetero) is 1. The Hall–Kier alpha value is -0.670. The lowest BCUT2D eigenvalue weighted by Gasteiger charge is -2.47. The van der Waals surface area contributed by atoms with Crippen LogP contribution < -0.4 is 0 Å². The van der Waals surface area contributed by atoms with Crippen molar-refractivity contribution in [2.45, 2.75) is 58.2 Å². The van der Waals surface area contributed by atoms with Crippen molar-refractivity contribution in [1.82, 2.24) is 0 Å². The van der Waals surface area contributed by atoms with Crippen LogP contribution in [-0.4, -0.2) is 29.2 Å². The molecule has 4 atom stereocenters. The molecule has 18 heavy (non-hydrogen) atoms. The summed E-state index contributed by atoms with van der Waals surface area (Å²) in [4.78, 5) is 12.0. The molecule has 3 rings (SSSR count). The maximum absolute atomic E-state index is 12.0. The van der Waals surface area contributed by atoms with E-state index in [-0.39, 0.29) is 23.2 Å². The Bertz CT molecular complexity index is 435. The van der Waals surface area contributed by atoms with Gasteiger partial charge in [0.05, 0.1) is 18.3 Å². The van der Waals surface area contributed by atoms with Crippen LogP contribution in [0.4, 0.5) is 0 Å². The average molecular weight is 250 g/mol. The van der Waals surface area contributed by atoms with Crippen molar-refractivity contribution in [3.05, 3.63) is 11.1 Å². The molecule has 0 amide bonds. The van der Waals surface area contributed by atoms with Gasteiger partial charge in [0.2, 0.25) is 0 Å². The monoisotopic (exact) mass is 250 g/mol. The minimum Gasteiger partial charge on any atom is -0.387 e. The van der Waals surface area contributed by atoms with E-state index in [9.17, 15) is 9.90 Å². The predicted molar refractivity (Wildman–Crippen MR) is 68.1 cm³/mol. The van der Waals surface area contributed by atoms with E-state index in [1.807, 2.05) is 13.8 Å². The molecule has 2 aliphatic carbocycles. The molecule has 0 unspecified atom stereocenters. The lowest BCUT2D eigenvalue weighted by molar-refractivity contribution is -0.117. The van der Waals surface area contributed by atoms with Crippen molar-refractivity contribution in [3.63, 3.8) is 0 Å². The summed E-state index contributed by atoms with van der Waals surface area (Å²) >= 11 is 0. The quantitative estimate of drug-likeness (QED) is 0.717. The van der Waals surface area contributed by atoms with Crippen molar-refractivity contribution in [2.75, 3.05) is 6.61 Å². The van der Waals surface area contributed by atoms with E-state index in [1.165, 1.54) is 5.57 Å². The van der Waals surface area contributed by atoms with Gasteiger partial charge in [0, 0.05) is 12.3 Å². The molecule has 3 heteroatoms. The second-order valence-corrected chi connectivity index (χ2v) is 6.76. The summed E-state index contributed by atoms with van der Waals surface area (Å²) in [6.07, 6.45) is 3.63. The second-order valence-electron chi connectivity index (χ2n) is 6.76. The van der Waals surface area contributed by atoms with Gasteiger partial charge in [0.25, 0.3) is 0 Å². The number of rotatable bonds is 0. The van der Waals surface area contributed by atoms with Crippen molar-refractivity contribution >= 4 is 5.78 Å². The summed E-state index contributed by atoms with van der Waals surface area (Å²) in [7, 11) is 0. The Kier molecular flexibility index (Phi) is 2.52. The lowest BCUT2D eigenvalue weighted by atomic mass is 9.59. The standard InChI is InChI=1S/C15H22O3/c1-9-11(16)5-7-14(2)6-4-10-13(12(9)14)18-8-15(10,3)17/h10,13,17H,4-8H2,1-3H3/t10-,13-,14-,15-/m0/s1. The molecule has 2 fully saturated rings. The van der Waals surface area contributed by atoms with Crippen molar-refractivity contribution in [3.8, 4) is 0 Å². The summed E-state index contributed by atoms with van der Waals surface area (Å²) in [5.41, 5.74) is 1.46. The van der Waals surface area contributed by atoms with Crippen molar-refractivity contribution in [2.24, 2.45) is 11.3 Å². The molecule has 0 bridgehead atoms. The number of aliphatic hydroxyl groups is 1. The third kappa shape index (κ3) is 1.53. The Morgan fingerprint density at radius 3 is 2.78 bits per heavy atom. The number of carbonyl (C=O) groups excluding carboxylic acids is 1. The topological polar surface area (TPSA) is 46.5 Å². The molecular formula is C15H22O3. The molecule has 1 aliphatic heterocycles. The SMILES string of the molecule is CC1=C2[C@H]3OC[C@](C)(O)[C@H]3CC[C@@]2(C)CCC1=O. The highest BCUT2D eigenvalue weighted by atomic mass is 16.5. The lowest BCUT2D eigenvalue weighted by Crippen LogP contribution is -2.45. The number of ether oxygens (including phenoxy) is 1. The van der Waals surface area contributed by atoms with Crippen LogP contribution in [0.3, 0.4) is 0 Å². The van der Waals surface area contributed by atoms with Gasteiger partial charge in [0.1, 0.15) is 0 Å². The minimum absolute atomic E-state index is 0.0389. The third-order valence-corrected chi connectivity index (χ3v) is 5.39. The van der Waals surface area contributed by atoms with E-state index in [4.69, 9.17) is 4.74 Å². The highest BCUT2D eigenvalue weighted by Crippen LogP contribution is 2.55. The summed E-state index contributed by atoms with van der Waals surface area (Å²) in [6.45, 7) is 6.45. The smallest absolute Gasteiger partial charge is 0.158 e. The van der Waals surface area contributed by atoms with Crippen LogP contribution in [0.2, 0.25) is 0 Å². The van der Waals surface area contributed by atoms with Gasteiger partial charge in [-0.2, -0.15) is 0 Å². The molecule has 3 aliphatic rings. The number of carbonyl (C=O) groups is 1. The second kappa shape index (κ2) is 3.67. The fraction of sp³-hybridized carbons (Fsp3) is 0.800. The summed E-state index contributed by atoms with van der Waals surface area (Å²) < 4.78 is 5.87. The molecule has 0 spiro atoms. The van der Waals surface area contributed by atoms with Gasteiger partial charge in [-0.1, -0.05) is 6.92 Å². The maximum atomic E-state index is 12.0. The highest BCUT2D eigenvalue weighted by molar-refractivity contribution is 5.97. The number of allylic oxidation sites excluding steroid dienone is 1. The first kappa shape index (κ1) is 12.4. The number of ketones is 1. The van der Waals surface area contributed by atoms with Crippen molar-refractivity contribution in [1.29, 1.82) is 0 Å². The zero-order valence-corrected chi connectivity index (χ0v) is 11.5. The maximum Gasteiger partial charge on any atom is 0.158 e. The van der Waals surface area contributed by atoms with Gasteiger partial charge in [-0.3, -0.25) is 4.79 Å². The van der Waals surface area contributed by atoms with E-state index in [1.54, 1.807) is 0 Å². The first-order valence-electron chi connectivity index (χ1n) is 6.94. The average Bonchev–Trinajstić information content (AvgIpc) is 2.60. The van der Waals surface area contributed by atoms with E-state index in [0.717, 1.165) is 24.8 Å². The van der Waals surface area contributed by atoms with Crippen LogP contribution in [0.1, 0.15) is 46.5 Å². The fourth-order valence-electron chi connectivity index (χ4n) is 4.16.